The summed E-state index contributed by atoms with van der Waals surface area (Å²) in [5, 5.41) is 5.37. The zero-order valence-corrected chi connectivity index (χ0v) is 14.0. The molecule has 0 radical (unpaired) electrons. The summed E-state index contributed by atoms with van der Waals surface area (Å²) in [6, 6.07) is 7.83. The van der Waals surface area contributed by atoms with Gasteiger partial charge in [0.25, 0.3) is 0 Å². The maximum absolute atomic E-state index is 13.5. The van der Waals surface area contributed by atoms with Crippen molar-refractivity contribution in [2.45, 2.75) is 20.4 Å². The average molecular weight is 339 g/mol. The Morgan fingerprint density at radius 3 is 2.76 bits per heavy atom. The normalized spacial score (nSPS) is 10.5. The van der Waals surface area contributed by atoms with Gasteiger partial charge >= 0.3 is 6.03 Å². The van der Waals surface area contributed by atoms with E-state index in [0.717, 1.165) is 11.4 Å². The fourth-order valence-corrected chi connectivity index (χ4v) is 2.41. The van der Waals surface area contributed by atoms with E-state index in [-0.39, 0.29) is 12.4 Å². The van der Waals surface area contributed by atoms with E-state index in [1.165, 1.54) is 6.07 Å². The third-order valence-electron chi connectivity index (χ3n) is 3.79. The van der Waals surface area contributed by atoms with Crippen LogP contribution < -0.4 is 10.6 Å². The molecule has 0 fully saturated rings. The molecule has 3 rings (SSSR count). The first-order chi connectivity index (χ1) is 12.0. The third kappa shape index (κ3) is 3.82. The van der Waals surface area contributed by atoms with Crippen molar-refractivity contribution in [2.24, 2.45) is 0 Å². The van der Waals surface area contributed by atoms with Crippen molar-refractivity contribution < 1.29 is 9.18 Å². The van der Waals surface area contributed by atoms with Crippen LogP contribution in [0.2, 0.25) is 0 Å². The molecule has 0 saturated carbocycles. The number of carbonyl (C=O) groups excluding carboxylic acids is 1. The molecule has 2 N–H and O–H groups in total. The smallest absolute Gasteiger partial charge is 0.319 e. The summed E-state index contributed by atoms with van der Waals surface area (Å²) in [5.74, 6) is 1.15. The molecule has 0 aliphatic rings. The molecule has 0 saturated heterocycles. The summed E-state index contributed by atoms with van der Waals surface area (Å²) in [4.78, 5) is 20.6. The highest BCUT2D eigenvalue weighted by molar-refractivity contribution is 5.89. The van der Waals surface area contributed by atoms with Crippen LogP contribution >= 0.6 is 0 Å². The van der Waals surface area contributed by atoms with Gasteiger partial charge in [-0.25, -0.2) is 19.2 Å². The lowest BCUT2D eigenvalue weighted by atomic mass is 10.2. The number of amides is 2. The third-order valence-corrected chi connectivity index (χ3v) is 3.79. The molecule has 7 heteroatoms. The van der Waals surface area contributed by atoms with Gasteiger partial charge < -0.3 is 10.6 Å². The molecule has 2 heterocycles. The number of halogens is 1. The standard InChI is InChI=1S/C18H18FN5O/c1-12-5-6-15(10-16(12)19)23-18(25)22-11-14-4-3-7-21-17(14)24-9-8-20-13(24)2/h3-10H,11H2,1-2H3,(H2,22,23,25). The molecule has 0 aliphatic carbocycles. The molecule has 0 atom stereocenters. The van der Waals surface area contributed by atoms with E-state index in [9.17, 15) is 9.18 Å². The lowest BCUT2D eigenvalue weighted by Gasteiger charge is -2.12. The summed E-state index contributed by atoms with van der Waals surface area (Å²) in [6.45, 7) is 3.83. The lowest BCUT2D eigenvalue weighted by Crippen LogP contribution is -2.28. The van der Waals surface area contributed by atoms with Crippen LogP contribution in [0, 0.1) is 19.7 Å². The molecule has 25 heavy (non-hydrogen) atoms. The van der Waals surface area contributed by atoms with E-state index >= 15 is 0 Å². The van der Waals surface area contributed by atoms with Crippen LogP contribution in [0.5, 0.6) is 0 Å². The number of aryl methyl sites for hydroxylation is 2. The van der Waals surface area contributed by atoms with Crippen molar-refractivity contribution in [3.8, 4) is 5.82 Å². The molecular formula is C18H18FN5O. The highest BCUT2D eigenvalue weighted by atomic mass is 19.1. The fraction of sp³-hybridized carbons (Fsp3) is 0.167. The highest BCUT2D eigenvalue weighted by Gasteiger charge is 2.10. The number of hydrogen-bond donors (Lipinski definition) is 2. The molecule has 0 unspecified atom stereocenters. The van der Waals surface area contributed by atoms with Crippen LogP contribution in [-0.2, 0) is 6.54 Å². The van der Waals surface area contributed by atoms with E-state index in [2.05, 4.69) is 20.6 Å². The fourth-order valence-electron chi connectivity index (χ4n) is 2.41. The van der Waals surface area contributed by atoms with Crippen LogP contribution in [0.25, 0.3) is 5.82 Å². The van der Waals surface area contributed by atoms with Crippen molar-refractivity contribution in [1.82, 2.24) is 19.9 Å². The second-order valence-electron chi connectivity index (χ2n) is 5.60. The first-order valence-electron chi connectivity index (χ1n) is 7.80. The van der Waals surface area contributed by atoms with Gasteiger partial charge in [0, 0.05) is 36.4 Å². The number of rotatable bonds is 4. The molecule has 6 nitrogen and oxygen atoms in total. The number of hydrogen-bond acceptors (Lipinski definition) is 3. The Kier molecular flexibility index (Phi) is 4.74. The van der Waals surface area contributed by atoms with Crippen LogP contribution in [0.4, 0.5) is 14.9 Å². The number of aromatic nitrogens is 3. The number of urea groups is 1. The molecular weight excluding hydrogens is 321 g/mol. The van der Waals surface area contributed by atoms with Crippen LogP contribution in [-0.4, -0.2) is 20.6 Å². The molecule has 3 aromatic rings. The second kappa shape index (κ2) is 7.12. The number of imidazole rings is 1. The number of nitrogens with one attached hydrogen (secondary N) is 2. The summed E-state index contributed by atoms with van der Waals surface area (Å²) >= 11 is 0. The molecule has 2 aromatic heterocycles. The Morgan fingerprint density at radius 1 is 1.20 bits per heavy atom. The summed E-state index contributed by atoms with van der Waals surface area (Å²) in [7, 11) is 0. The summed E-state index contributed by atoms with van der Waals surface area (Å²) in [5.41, 5.74) is 1.77. The quantitative estimate of drug-likeness (QED) is 0.766. The van der Waals surface area contributed by atoms with Gasteiger partial charge in [-0.1, -0.05) is 12.1 Å². The van der Waals surface area contributed by atoms with Gasteiger partial charge in [-0.05, 0) is 37.6 Å². The van der Waals surface area contributed by atoms with Crippen molar-refractivity contribution in [2.75, 3.05) is 5.32 Å². The van der Waals surface area contributed by atoms with E-state index in [0.29, 0.717) is 17.1 Å². The number of benzene rings is 1. The first kappa shape index (κ1) is 16.6. The minimum atomic E-state index is -0.416. The lowest BCUT2D eigenvalue weighted by molar-refractivity contribution is 0.251. The predicted octanol–water partition coefficient (Wildman–Crippen LogP) is 3.34. The van der Waals surface area contributed by atoms with Gasteiger partial charge in [0.05, 0.1) is 0 Å². The number of carbonyl (C=O) groups is 1. The summed E-state index contributed by atoms with van der Waals surface area (Å²) in [6.07, 6.45) is 5.20. The molecule has 0 aliphatic heterocycles. The minimum absolute atomic E-state index is 0.279. The number of nitrogens with zero attached hydrogens (tertiary/aromatic N) is 3. The SMILES string of the molecule is Cc1ccc(NC(=O)NCc2cccnc2-n2ccnc2C)cc1F. The van der Waals surface area contributed by atoms with Crippen LogP contribution in [0.1, 0.15) is 17.0 Å². The molecule has 0 bridgehead atoms. The van der Waals surface area contributed by atoms with E-state index in [4.69, 9.17) is 0 Å². The zero-order valence-electron chi connectivity index (χ0n) is 14.0. The van der Waals surface area contributed by atoms with Gasteiger partial charge in [-0.2, -0.15) is 0 Å². The number of pyridine rings is 1. The van der Waals surface area contributed by atoms with Crippen molar-refractivity contribution in [3.63, 3.8) is 0 Å². The molecule has 1 aromatic carbocycles. The maximum atomic E-state index is 13.5. The van der Waals surface area contributed by atoms with Gasteiger partial charge in [-0.15, -0.1) is 0 Å². The Hall–Kier alpha value is -3.22. The molecule has 2 amide bonds. The summed E-state index contributed by atoms with van der Waals surface area (Å²) < 4.78 is 15.4. The first-order valence-corrected chi connectivity index (χ1v) is 7.80. The Balaban J connectivity index is 1.68. The Bertz CT molecular complexity index is 906. The van der Waals surface area contributed by atoms with Gasteiger partial charge in [0.1, 0.15) is 17.5 Å². The zero-order chi connectivity index (χ0) is 17.8. The second-order valence-corrected chi connectivity index (χ2v) is 5.60. The number of anilines is 1. The molecule has 0 spiro atoms. The maximum Gasteiger partial charge on any atom is 0.319 e. The topological polar surface area (TPSA) is 71.8 Å². The van der Waals surface area contributed by atoms with E-state index < -0.39 is 6.03 Å². The van der Waals surface area contributed by atoms with Crippen LogP contribution in [0.15, 0.2) is 48.9 Å². The van der Waals surface area contributed by atoms with Gasteiger partial charge in [-0.3, -0.25) is 4.57 Å². The minimum Gasteiger partial charge on any atom is -0.334 e. The monoisotopic (exact) mass is 339 g/mol. The Labute approximate surface area is 144 Å². The van der Waals surface area contributed by atoms with Crippen molar-refractivity contribution >= 4 is 11.7 Å². The average Bonchev–Trinajstić information content (AvgIpc) is 3.02. The Morgan fingerprint density at radius 2 is 2.04 bits per heavy atom. The van der Waals surface area contributed by atoms with Gasteiger partial charge in [0.2, 0.25) is 0 Å². The van der Waals surface area contributed by atoms with E-state index in [1.807, 2.05) is 23.8 Å². The largest absolute Gasteiger partial charge is 0.334 e. The highest BCUT2D eigenvalue weighted by Crippen LogP contribution is 2.15. The predicted molar refractivity (Wildman–Crippen MR) is 93.1 cm³/mol. The molecule has 128 valence electrons. The van der Waals surface area contributed by atoms with Crippen molar-refractivity contribution in [1.29, 1.82) is 0 Å². The van der Waals surface area contributed by atoms with Gasteiger partial charge in [0.15, 0.2) is 0 Å². The van der Waals surface area contributed by atoms with Crippen molar-refractivity contribution in [3.05, 3.63) is 71.7 Å². The van der Waals surface area contributed by atoms with Crippen LogP contribution in [0.3, 0.4) is 0 Å². The van der Waals surface area contributed by atoms with E-state index in [1.54, 1.807) is 37.5 Å².